The molecule has 0 bridgehead atoms. The van der Waals surface area contributed by atoms with Gasteiger partial charge in [-0.1, -0.05) is 12.7 Å². The van der Waals surface area contributed by atoms with Gasteiger partial charge in [0, 0.05) is 22.2 Å². The van der Waals surface area contributed by atoms with Crippen molar-refractivity contribution in [3.05, 3.63) is 34.8 Å². The number of aromatic nitrogens is 2. The maximum Gasteiger partial charge on any atom is 0.435 e. The second kappa shape index (κ2) is 5.88. The van der Waals surface area contributed by atoms with Crippen LogP contribution in [0.3, 0.4) is 0 Å². The van der Waals surface area contributed by atoms with Crippen LogP contribution < -0.4 is 0 Å². The van der Waals surface area contributed by atoms with Crippen molar-refractivity contribution >= 4 is 29.3 Å². The highest BCUT2D eigenvalue weighted by atomic mass is 32.1. The van der Waals surface area contributed by atoms with Crippen molar-refractivity contribution in [3.63, 3.8) is 0 Å². The fraction of sp³-hybridized carbons (Fsp3) is 0.312. The Bertz CT molecular complexity index is 735. The summed E-state index contributed by atoms with van der Waals surface area (Å²) in [6.45, 7) is 10.7. The average molecular weight is 318 g/mol. The summed E-state index contributed by atoms with van der Waals surface area (Å²) in [6, 6.07) is 1.79. The molecule has 0 unspecified atom stereocenters. The van der Waals surface area contributed by atoms with Gasteiger partial charge in [0.05, 0.1) is 11.1 Å². The van der Waals surface area contributed by atoms with Gasteiger partial charge in [-0.2, -0.15) is 9.78 Å². The van der Waals surface area contributed by atoms with Crippen LogP contribution in [-0.2, 0) is 4.74 Å². The number of ketones is 1. The van der Waals surface area contributed by atoms with E-state index in [4.69, 9.17) is 4.74 Å². The van der Waals surface area contributed by atoms with Gasteiger partial charge < -0.3 is 4.74 Å². The Balaban J connectivity index is 2.34. The molecule has 0 aromatic carbocycles. The van der Waals surface area contributed by atoms with Crippen molar-refractivity contribution in [2.45, 2.75) is 33.3 Å². The number of rotatable bonds is 3. The molecule has 0 N–H and O–H groups in total. The Morgan fingerprint density at radius 2 is 2.09 bits per heavy atom. The van der Waals surface area contributed by atoms with Crippen LogP contribution in [0.25, 0.3) is 17.2 Å². The summed E-state index contributed by atoms with van der Waals surface area (Å²) in [7, 11) is 0. The van der Waals surface area contributed by atoms with E-state index in [1.165, 1.54) is 18.3 Å². The first-order valence-corrected chi connectivity index (χ1v) is 7.58. The molecule has 0 saturated carbocycles. The van der Waals surface area contributed by atoms with Crippen LogP contribution in [0.2, 0.25) is 0 Å². The molecule has 0 fully saturated rings. The van der Waals surface area contributed by atoms with E-state index in [9.17, 15) is 9.59 Å². The lowest BCUT2D eigenvalue weighted by Gasteiger charge is -2.18. The maximum atomic E-state index is 12.0. The average Bonchev–Trinajstić information content (AvgIpc) is 3.03. The van der Waals surface area contributed by atoms with Crippen LogP contribution in [0.1, 0.15) is 42.2 Å². The molecule has 0 atom stereocenters. The van der Waals surface area contributed by atoms with Crippen molar-refractivity contribution in [1.82, 2.24) is 9.78 Å². The molecule has 116 valence electrons. The highest BCUT2D eigenvalue weighted by Gasteiger charge is 2.20. The number of hydrogen-bond acceptors (Lipinski definition) is 5. The predicted molar refractivity (Wildman–Crippen MR) is 87.3 cm³/mol. The largest absolute Gasteiger partial charge is 0.442 e. The van der Waals surface area contributed by atoms with Gasteiger partial charge >= 0.3 is 6.09 Å². The normalized spacial score (nSPS) is 11.3. The van der Waals surface area contributed by atoms with Gasteiger partial charge in [0.25, 0.3) is 0 Å². The zero-order valence-electron chi connectivity index (χ0n) is 13.0. The summed E-state index contributed by atoms with van der Waals surface area (Å²) in [5.41, 5.74) is 0.990. The van der Waals surface area contributed by atoms with Gasteiger partial charge in [-0.3, -0.25) is 4.79 Å². The first kappa shape index (κ1) is 16.2. The van der Waals surface area contributed by atoms with Gasteiger partial charge in [-0.15, -0.1) is 11.3 Å². The van der Waals surface area contributed by atoms with E-state index in [1.807, 2.05) is 0 Å². The maximum absolute atomic E-state index is 12.0. The topological polar surface area (TPSA) is 61.2 Å². The van der Waals surface area contributed by atoms with Gasteiger partial charge in [-0.05, 0) is 33.8 Å². The van der Waals surface area contributed by atoms with Gasteiger partial charge in [-0.25, -0.2) is 4.79 Å². The highest BCUT2D eigenvalue weighted by molar-refractivity contribution is 7.15. The molecule has 2 aromatic rings. The Hall–Kier alpha value is -2.21. The van der Waals surface area contributed by atoms with Crippen molar-refractivity contribution in [2.75, 3.05) is 0 Å². The summed E-state index contributed by atoms with van der Waals surface area (Å²) < 4.78 is 6.41. The van der Waals surface area contributed by atoms with Crippen LogP contribution in [0, 0.1) is 0 Å². The standard InChI is InChI=1S/C16H18N2O3S/c1-6-13-12(7-14(22-13)10(2)19)11-8-17-18(9-11)15(20)21-16(3,4)5/h6-9H,1H2,2-5H3. The molecule has 0 aliphatic rings. The van der Waals surface area contributed by atoms with E-state index < -0.39 is 11.7 Å². The minimum Gasteiger partial charge on any atom is -0.442 e. The smallest absolute Gasteiger partial charge is 0.435 e. The molecule has 0 spiro atoms. The summed E-state index contributed by atoms with van der Waals surface area (Å²) in [5, 5.41) is 4.03. The number of Topliss-reactive ketones (excluding diaryl/α,β-unsaturated/α-hetero) is 1. The molecular formula is C16H18N2O3S. The Morgan fingerprint density at radius 3 is 2.64 bits per heavy atom. The number of thiophene rings is 1. The lowest BCUT2D eigenvalue weighted by atomic mass is 10.1. The minimum atomic E-state index is -0.584. The minimum absolute atomic E-state index is 0.00103. The second-order valence-electron chi connectivity index (χ2n) is 5.80. The predicted octanol–water partition coefficient (Wildman–Crippen LogP) is 4.24. The monoisotopic (exact) mass is 318 g/mol. The number of ether oxygens (including phenoxy) is 1. The number of carbonyl (C=O) groups excluding carboxylic acids is 2. The van der Waals surface area contributed by atoms with Crippen LogP contribution in [0.4, 0.5) is 4.79 Å². The molecule has 0 aliphatic heterocycles. The van der Waals surface area contributed by atoms with E-state index in [1.54, 1.807) is 45.3 Å². The van der Waals surface area contributed by atoms with E-state index in [-0.39, 0.29) is 5.78 Å². The van der Waals surface area contributed by atoms with E-state index in [0.29, 0.717) is 4.88 Å². The highest BCUT2D eigenvalue weighted by Crippen LogP contribution is 2.32. The Morgan fingerprint density at radius 1 is 1.41 bits per heavy atom. The molecule has 2 aromatic heterocycles. The number of carbonyl (C=O) groups is 2. The molecule has 0 radical (unpaired) electrons. The van der Waals surface area contributed by atoms with Crippen LogP contribution >= 0.6 is 11.3 Å². The summed E-state index contributed by atoms with van der Waals surface area (Å²) in [5.74, 6) is -0.00103. The van der Waals surface area contributed by atoms with E-state index >= 15 is 0 Å². The third kappa shape index (κ3) is 3.51. The zero-order chi connectivity index (χ0) is 16.5. The first-order valence-electron chi connectivity index (χ1n) is 6.77. The van der Waals surface area contributed by atoms with Crippen molar-refractivity contribution < 1.29 is 14.3 Å². The van der Waals surface area contributed by atoms with Crippen molar-refractivity contribution in [3.8, 4) is 11.1 Å². The van der Waals surface area contributed by atoms with Crippen LogP contribution in [0.15, 0.2) is 25.0 Å². The molecule has 22 heavy (non-hydrogen) atoms. The van der Waals surface area contributed by atoms with Crippen LogP contribution in [0.5, 0.6) is 0 Å². The summed E-state index contributed by atoms with van der Waals surface area (Å²) >= 11 is 1.37. The van der Waals surface area contributed by atoms with E-state index in [0.717, 1.165) is 20.7 Å². The zero-order valence-corrected chi connectivity index (χ0v) is 13.9. The van der Waals surface area contributed by atoms with Crippen LogP contribution in [-0.4, -0.2) is 27.3 Å². The SMILES string of the molecule is C=Cc1sc(C(C)=O)cc1-c1cnn(C(=O)OC(C)(C)C)c1. The molecule has 6 heteroatoms. The number of hydrogen-bond donors (Lipinski definition) is 0. The Kier molecular flexibility index (Phi) is 4.32. The quantitative estimate of drug-likeness (QED) is 0.794. The third-order valence-corrected chi connectivity index (χ3v) is 4.00. The van der Waals surface area contributed by atoms with E-state index in [2.05, 4.69) is 11.7 Å². The second-order valence-corrected chi connectivity index (χ2v) is 6.89. The molecular weight excluding hydrogens is 300 g/mol. The van der Waals surface area contributed by atoms with Crippen molar-refractivity contribution in [1.29, 1.82) is 0 Å². The first-order chi connectivity index (χ1) is 10.2. The molecule has 2 rings (SSSR count). The molecule has 0 saturated heterocycles. The van der Waals surface area contributed by atoms with Gasteiger partial charge in [0.15, 0.2) is 5.78 Å². The molecule has 0 aliphatic carbocycles. The van der Waals surface area contributed by atoms with Gasteiger partial charge in [0.2, 0.25) is 0 Å². The summed E-state index contributed by atoms with van der Waals surface area (Å²) in [6.07, 6.45) is 4.31. The molecule has 2 heterocycles. The number of nitrogens with zero attached hydrogens (tertiary/aromatic N) is 2. The fourth-order valence-electron chi connectivity index (χ4n) is 1.83. The molecule has 0 amide bonds. The molecule has 5 nitrogen and oxygen atoms in total. The van der Waals surface area contributed by atoms with Crippen molar-refractivity contribution in [2.24, 2.45) is 0 Å². The van der Waals surface area contributed by atoms with Gasteiger partial charge in [0.1, 0.15) is 5.60 Å². The third-order valence-electron chi connectivity index (χ3n) is 2.77. The lowest BCUT2D eigenvalue weighted by molar-refractivity contribution is 0.0514. The fourth-order valence-corrected chi connectivity index (χ4v) is 2.75. The Labute approximate surface area is 133 Å². The lowest BCUT2D eigenvalue weighted by Crippen LogP contribution is -2.27. The summed E-state index contributed by atoms with van der Waals surface area (Å²) in [4.78, 5) is 25.0.